The summed E-state index contributed by atoms with van der Waals surface area (Å²) in [5.41, 5.74) is 2.95. The highest BCUT2D eigenvalue weighted by atomic mass is 16.2. The van der Waals surface area contributed by atoms with Gasteiger partial charge in [0.2, 0.25) is 5.91 Å². The van der Waals surface area contributed by atoms with Crippen molar-refractivity contribution in [2.24, 2.45) is 13.0 Å². The fourth-order valence-corrected chi connectivity index (χ4v) is 3.55. The first-order valence-electron chi connectivity index (χ1n) is 10.2. The maximum atomic E-state index is 13.1. The molecule has 3 aromatic rings. The minimum Gasteiger partial charge on any atom is -0.311 e. The lowest BCUT2D eigenvalue weighted by molar-refractivity contribution is -0.117. The fourth-order valence-electron chi connectivity index (χ4n) is 3.55. The van der Waals surface area contributed by atoms with Gasteiger partial charge in [0.05, 0.1) is 5.52 Å². The smallest absolute Gasteiger partial charge is 0.258 e. The zero-order valence-electron chi connectivity index (χ0n) is 17.4. The van der Waals surface area contributed by atoms with Crippen molar-refractivity contribution in [3.05, 3.63) is 52.2 Å². The molecule has 0 aromatic carbocycles. The molecule has 1 fully saturated rings. The molecule has 30 heavy (non-hydrogen) atoms. The van der Waals surface area contributed by atoms with Gasteiger partial charge in [0.1, 0.15) is 11.5 Å². The monoisotopic (exact) mass is 404 g/mol. The number of amides is 1. The summed E-state index contributed by atoms with van der Waals surface area (Å²) >= 11 is 0. The van der Waals surface area contributed by atoms with Gasteiger partial charge in [-0.05, 0) is 43.9 Å². The quantitative estimate of drug-likeness (QED) is 0.633. The maximum Gasteiger partial charge on any atom is 0.258 e. The van der Waals surface area contributed by atoms with E-state index in [-0.39, 0.29) is 23.2 Å². The Bertz CT molecular complexity index is 1230. The summed E-state index contributed by atoms with van der Waals surface area (Å²) < 4.78 is 1.55. The van der Waals surface area contributed by atoms with Crippen LogP contribution in [0.1, 0.15) is 48.7 Å². The Morgan fingerprint density at radius 1 is 1.13 bits per heavy atom. The number of Topliss-reactive ketones (excluding diaryl/α,β-unsaturated/α-hetero) is 1. The van der Waals surface area contributed by atoms with Crippen LogP contribution in [0, 0.1) is 12.8 Å². The average molecular weight is 404 g/mol. The van der Waals surface area contributed by atoms with Crippen molar-refractivity contribution >= 4 is 28.4 Å². The molecule has 0 bridgehead atoms. The molecule has 4 rings (SSSR count). The summed E-state index contributed by atoms with van der Waals surface area (Å²) in [5, 5.41) is 3.60. The molecule has 0 unspecified atom stereocenters. The van der Waals surface area contributed by atoms with Crippen LogP contribution < -0.4 is 10.9 Å². The molecule has 3 heterocycles. The van der Waals surface area contributed by atoms with Crippen LogP contribution in [0.4, 0.5) is 5.82 Å². The van der Waals surface area contributed by atoms with Crippen molar-refractivity contribution in [2.75, 3.05) is 5.32 Å². The lowest BCUT2D eigenvalue weighted by Gasteiger charge is -2.12. The molecular formula is C23H24N4O3. The van der Waals surface area contributed by atoms with Crippen molar-refractivity contribution in [3.8, 4) is 11.1 Å². The number of aryl methyl sites for hydroxylation is 2. The van der Waals surface area contributed by atoms with E-state index in [0.717, 1.165) is 30.2 Å². The van der Waals surface area contributed by atoms with Gasteiger partial charge in [-0.3, -0.25) is 19.4 Å². The second-order valence-electron chi connectivity index (χ2n) is 7.87. The molecule has 0 radical (unpaired) electrons. The van der Waals surface area contributed by atoms with Crippen LogP contribution in [0.5, 0.6) is 0 Å². The number of aromatic nitrogens is 3. The molecule has 1 saturated carbocycles. The lowest BCUT2D eigenvalue weighted by atomic mass is 10.0. The third kappa shape index (κ3) is 3.75. The van der Waals surface area contributed by atoms with E-state index in [1.54, 1.807) is 42.2 Å². The topological polar surface area (TPSA) is 94.0 Å². The van der Waals surface area contributed by atoms with Crippen molar-refractivity contribution in [1.82, 2.24) is 14.5 Å². The number of nitrogens with zero attached hydrogens (tertiary/aromatic N) is 3. The largest absolute Gasteiger partial charge is 0.311 e. The van der Waals surface area contributed by atoms with Crippen molar-refractivity contribution in [1.29, 1.82) is 0 Å². The summed E-state index contributed by atoms with van der Waals surface area (Å²) in [6.45, 7) is 3.83. The van der Waals surface area contributed by atoms with E-state index in [9.17, 15) is 14.4 Å². The highest BCUT2D eigenvalue weighted by Crippen LogP contribution is 2.30. The lowest BCUT2D eigenvalue weighted by Crippen LogP contribution is -2.20. The molecule has 0 saturated heterocycles. The van der Waals surface area contributed by atoms with Crippen molar-refractivity contribution in [3.63, 3.8) is 0 Å². The van der Waals surface area contributed by atoms with Crippen LogP contribution in [-0.4, -0.2) is 26.2 Å². The Morgan fingerprint density at radius 3 is 2.57 bits per heavy atom. The van der Waals surface area contributed by atoms with E-state index in [1.165, 1.54) is 0 Å². The summed E-state index contributed by atoms with van der Waals surface area (Å²) in [6, 6.07) is 5.25. The zero-order chi connectivity index (χ0) is 21.4. The van der Waals surface area contributed by atoms with Crippen LogP contribution >= 0.6 is 0 Å². The van der Waals surface area contributed by atoms with Crippen LogP contribution in [0.25, 0.3) is 22.0 Å². The van der Waals surface area contributed by atoms with E-state index in [1.807, 2.05) is 13.8 Å². The number of carbonyl (C=O) groups excluding carboxylic acids is 2. The number of ketones is 1. The molecule has 3 aromatic heterocycles. The SMILES string of the molecule is CCCC(=O)c1cc(C)c(-c2cc3cnc(NC(=O)C4CC4)cc3n(C)c2=O)cn1. The molecule has 1 aliphatic rings. The van der Waals surface area contributed by atoms with Gasteiger partial charge in [0, 0.05) is 54.4 Å². The highest BCUT2D eigenvalue weighted by Gasteiger charge is 2.29. The molecular weight excluding hydrogens is 380 g/mol. The van der Waals surface area contributed by atoms with Gasteiger partial charge in [0.15, 0.2) is 5.78 Å². The van der Waals surface area contributed by atoms with Gasteiger partial charge in [-0.2, -0.15) is 0 Å². The van der Waals surface area contributed by atoms with Crippen LogP contribution in [0.15, 0.2) is 35.4 Å². The predicted octanol–water partition coefficient (Wildman–Crippen LogP) is 3.64. The molecule has 1 N–H and O–H groups in total. The summed E-state index contributed by atoms with van der Waals surface area (Å²) in [4.78, 5) is 45.8. The molecule has 0 spiro atoms. The fraction of sp³-hybridized carbons (Fsp3) is 0.348. The number of nitrogens with one attached hydrogen (secondary N) is 1. The van der Waals surface area contributed by atoms with Gasteiger partial charge in [0.25, 0.3) is 5.56 Å². The number of hydrogen-bond acceptors (Lipinski definition) is 5. The van der Waals surface area contributed by atoms with E-state index >= 15 is 0 Å². The third-order valence-corrected chi connectivity index (χ3v) is 5.47. The molecule has 0 atom stereocenters. The number of rotatable bonds is 6. The number of fused-ring (bicyclic) bond motifs is 1. The summed E-state index contributed by atoms with van der Waals surface area (Å²) in [7, 11) is 1.70. The van der Waals surface area contributed by atoms with Crippen LogP contribution in [0.2, 0.25) is 0 Å². The number of hydrogen-bond donors (Lipinski definition) is 1. The minimum atomic E-state index is -0.175. The van der Waals surface area contributed by atoms with Crippen molar-refractivity contribution < 1.29 is 9.59 Å². The van der Waals surface area contributed by atoms with Crippen LogP contribution in [-0.2, 0) is 11.8 Å². The minimum absolute atomic E-state index is 0.00328. The zero-order valence-corrected chi connectivity index (χ0v) is 17.4. The second kappa shape index (κ2) is 7.82. The first-order chi connectivity index (χ1) is 14.4. The van der Waals surface area contributed by atoms with Gasteiger partial charge in [-0.15, -0.1) is 0 Å². The summed E-state index contributed by atoms with van der Waals surface area (Å²) in [5.74, 6) is 0.501. The molecule has 1 aliphatic carbocycles. The van der Waals surface area contributed by atoms with E-state index < -0.39 is 0 Å². The number of pyridine rings is 3. The molecule has 7 nitrogen and oxygen atoms in total. The van der Waals surface area contributed by atoms with Gasteiger partial charge in [-0.25, -0.2) is 4.98 Å². The van der Waals surface area contributed by atoms with E-state index in [0.29, 0.717) is 34.6 Å². The Kier molecular flexibility index (Phi) is 5.20. The predicted molar refractivity (Wildman–Crippen MR) is 116 cm³/mol. The Morgan fingerprint density at radius 2 is 1.90 bits per heavy atom. The van der Waals surface area contributed by atoms with E-state index in [2.05, 4.69) is 15.3 Å². The Balaban J connectivity index is 1.73. The first-order valence-corrected chi connectivity index (χ1v) is 10.2. The third-order valence-electron chi connectivity index (χ3n) is 5.47. The normalized spacial score (nSPS) is 13.4. The van der Waals surface area contributed by atoms with Gasteiger partial charge >= 0.3 is 0 Å². The Hall–Kier alpha value is -3.35. The van der Waals surface area contributed by atoms with Gasteiger partial charge in [-0.1, -0.05) is 6.92 Å². The van der Waals surface area contributed by atoms with Crippen molar-refractivity contribution in [2.45, 2.75) is 39.5 Å². The highest BCUT2D eigenvalue weighted by molar-refractivity contribution is 5.96. The first kappa shape index (κ1) is 19.9. The Labute approximate surface area is 174 Å². The van der Waals surface area contributed by atoms with Crippen LogP contribution in [0.3, 0.4) is 0 Å². The van der Waals surface area contributed by atoms with E-state index in [4.69, 9.17) is 0 Å². The summed E-state index contributed by atoms with van der Waals surface area (Å²) in [6.07, 6.45) is 6.30. The standard InChI is InChI=1S/C23H24N4O3/c1-4-5-20(28)18-8-13(2)17(12-24-18)16-9-15-11-25-21(26-22(29)14-6-7-14)10-19(15)27(3)23(16)30/h8-12,14H,4-7H2,1-3H3,(H,25,26,29). The molecule has 7 heteroatoms. The van der Waals surface area contributed by atoms with Gasteiger partial charge < -0.3 is 9.88 Å². The number of anilines is 1. The molecule has 1 amide bonds. The molecule has 154 valence electrons. The maximum absolute atomic E-state index is 13.1. The average Bonchev–Trinajstić information content (AvgIpc) is 3.57. The number of carbonyl (C=O) groups is 2. The second-order valence-corrected chi connectivity index (χ2v) is 7.87. The molecule has 0 aliphatic heterocycles.